The standard InChI is InChI=1S/C19H24O6/c1-5-11-19(17(20)21-4)15-14(23-18(2,3)24-15)16(25-19)22-12-13-9-7-6-8-10-13/h5-10,14-16H,1,11-12H2,2-4H3/t14-,15+,16-,19+/m0/s1. The summed E-state index contributed by atoms with van der Waals surface area (Å²) in [5.74, 6) is -1.36. The normalized spacial score (nSPS) is 33.0. The van der Waals surface area contributed by atoms with E-state index in [1.807, 2.05) is 30.3 Å². The van der Waals surface area contributed by atoms with Gasteiger partial charge in [0.2, 0.25) is 5.60 Å². The van der Waals surface area contributed by atoms with E-state index in [9.17, 15) is 4.79 Å². The topological polar surface area (TPSA) is 63.2 Å². The molecule has 1 aromatic rings. The molecule has 0 aromatic heterocycles. The molecule has 0 aliphatic carbocycles. The fourth-order valence-corrected chi connectivity index (χ4v) is 3.37. The number of ether oxygens (including phenoxy) is 5. The van der Waals surface area contributed by atoms with Crippen LogP contribution in [0.3, 0.4) is 0 Å². The lowest BCUT2D eigenvalue weighted by molar-refractivity contribution is -0.259. The highest BCUT2D eigenvalue weighted by Crippen LogP contribution is 2.46. The third-order valence-corrected chi connectivity index (χ3v) is 4.42. The smallest absolute Gasteiger partial charge is 0.341 e. The molecule has 2 aliphatic rings. The number of carbonyl (C=O) groups is 1. The van der Waals surface area contributed by atoms with Gasteiger partial charge in [-0.3, -0.25) is 0 Å². The zero-order valence-corrected chi connectivity index (χ0v) is 14.8. The van der Waals surface area contributed by atoms with E-state index in [4.69, 9.17) is 23.7 Å². The lowest BCUT2D eigenvalue weighted by Gasteiger charge is -2.31. The minimum atomic E-state index is -1.32. The Hall–Kier alpha value is -1.73. The number of hydrogen-bond acceptors (Lipinski definition) is 6. The predicted molar refractivity (Wildman–Crippen MR) is 89.5 cm³/mol. The predicted octanol–water partition coefficient (Wildman–Crippen LogP) is 2.57. The zero-order chi connectivity index (χ0) is 18.1. The van der Waals surface area contributed by atoms with E-state index >= 15 is 0 Å². The molecular weight excluding hydrogens is 324 g/mol. The van der Waals surface area contributed by atoms with Crippen LogP contribution in [0.4, 0.5) is 0 Å². The highest BCUT2D eigenvalue weighted by Gasteiger charge is 2.67. The molecular formula is C19H24O6. The summed E-state index contributed by atoms with van der Waals surface area (Å²) in [4.78, 5) is 12.5. The van der Waals surface area contributed by atoms with Crippen molar-refractivity contribution in [3.05, 3.63) is 48.6 Å². The van der Waals surface area contributed by atoms with Gasteiger partial charge in [0, 0.05) is 6.42 Å². The van der Waals surface area contributed by atoms with Crippen LogP contribution in [0, 0.1) is 0 Å². The molecule has 25 heavy (non-hydrogen) atoms. The highest BCUT2D eigenvalue weighted by atomic mass is 16.8. The number of carbonyl (C=O) groups excluding carboxylic acids is 1. The van der Waals surface area contributed by atoms with E-state index < -0.39 is 35.9 Å². The maximum absolute atomic E-state index is 12.5. The van der Waals surface area contributed by atoms with Gasteiger partial charge in [0.05, 0.1) is 13.7 Å². The molecule has 6 nitrogen and oxygen atoms in total. The molecule has 1 aromatic carbocycles. The van der Waals surface area contributed by atoms with Crippen molar-refractivity contribution in [3.8, 4) is 0 Å². The summed E-state index contributed by atoms with van der Waals surface area (Å²) in [7, 11) is 1.32. The first-order chi connectivity index (χ1) is 11.9. The second-order valence-corrected chi connectivity index (χ2v) is 6.68. The van der Waals surface area contributed by atoms with E-state index in [-0.39, 0.29) is 6.42 Å². The molecule has 0 saturated carbocycles. The van der Waals surface area contributed by atoms with Crippen LogP contribution in [-0.4, -0.2) is 43.0 Å². The van der Waals surface area contributed by atoms with Crippen LogP contribution in [0.1, 0.15) is 25.8 Å². The average Bonchev–Trinajstić information content (AvgIpc) is 3.06. The Bertz CT molecular complexity index is 628. The van der Waals surface area contributed by atoms with Gasteiger partial charge >= 0.3 is 5.97 Å². The van der Waals surface area contributed by atoms with Crippen molar-refractivity contribution in [1.29, 1.82) is 0 Å². The molecule has 0 unspecified atom stereocenters. The van der Waals surface area contributed by atoms with Crippen LogP contribution in [0.2, 0.25) is 0 Å². The van der Waals surface area contributed by atoms with E-state index in [2.05, 4.69) is 6.58 Å². The van der Waals surface area contributed by atoms with Crippen molar-refractivity contribution < 1.29 is 28.5 Å². The SMILES string of the molecule is C=CC[C@@]1(C(=O)OC)O[C@H](OCc2ccccc2)[C@H]2OC(C)(C)O[C@H]21. The lowest BCUT2D eigenvalue weighted by atomic mass is 9.91. The van der Waals surface area contributed by atoms with Crippen LogP contribution >= 0.6 is 0 Å². The number of rotatable bonds is 6. The molecule has 2 aliphatic heterocycles. The van der Waals surface area contributed by atoms with Crippen LogP contribution in [-0.2, 0) is 35.1 Å². The van der Waals surface area contributed by atoms with Crippen LogP contribution in [0.5, 0.6) is 0 Å². The molecule has 0 N–H and O–H groups in total. The van der Waals surface area contributed by atoms with E-state index in [0.29, 0.717) is 6.61 Å². The van der Waals surface area contributed by atoms with Gasteiger partial charge in [-0.2, -0.15) is 0 Å². The first kappa shape index (κ1) is 18.1. The summed E-state index contributed by atoms with van der Waals surface area (Å²) in [6.45, 7) is 7.67. The number of methoxy groups -OCH3 is 1. The average molecular weight is 348 g/mol. The Kier molecular flexibility index (Phi) is 4.97. The second kappa shape index (κ2) is 6.88. The first-order valence-corrected chi connectivity index (χ1v) is 8.30. The second-order valence-electron chi connectivity index (χ2n) is 6.68. The fourth-order valence-electron chi connectivity index (χ4n) is 3.37. The Labute approximate surface area is 147 Å². The van der Waals surface area contributed by atoms with Gasteiger partial charge in [0.25, 0.3) is 0 Å². The molecule has 2 heterocycles. The highest BCUT2D eigenvalue weighted by molar-refractivity contribution is 5.81. The minimum Gasteiger partial charge on any atom is -0.467 e. The molecule has 3 rings (SSSR count). The Morgan fingerprint density at radius 1 is 1.24 bits per heavy atom. The molecule has 6 heteroatoms. The summed E-state index contributed by atoms with van der Waals surface area (Å²) >= 11 is 0. The summed E-state index contributed by atoms with van der Waals surface area (Å²) < 4.78 is 28.8. The molecule has 136 valence electrons. The Morgan fingerprint density at radius 3 is 2.60 bits per heavy atom. The van der Waals surface area contributed by atoms with Crippen molar-refractivity contribution in [2.24, 2.45) is 0 Å². The maximum atomic E-state index is 12.5. The van der Waals surface area contributed by atoms with E-state index in [0.717, 1.165) is 5.56 Å². The molecule has 4 atom stereocenters. The lowest BCUT2D eigenvalue weighted by Crippen LogP contribution is -2.50. The number of fused-ring (bicyclic) bond motifs is 1. The van der Waals surface area contributed by atoms with Gasteiger partial charge < -0.3 is 23.7 Å². The zero-order valence-electron chi connectivity index (χ0n) is 14.8. The van der Waals surface area contributed by atoms with E-state index in [1.165, 1.54) is 7.11 Å². The first-order valence-electron chi connectivity index (χ1n) is 8.30. The molecule has 2 fully saturated rings. The van der Waals surface area contributed by atoms with Gasteiger partial charge in [-0.05, 0) is 19.4 Å². The van der Waals surface area contributed by atoms with Crippen LogP contribution in [0.25, 0.3) is 0 Å². The third kappa shape index (κ3) is 3.35. The van der Waals surface area contributed by atoms with Crippen molar-refractivity contribution in [2.75, 3.05) is 7.11 Å². The number of esters is 1. The van der Waals surface area contributed by atoms with Gasteiger partial charge in [0.15, 0.2) is 12.1 Å². The number of benzene rings is 1. The Morgan fingerprint density at radius 2 is 1.96 bits per heavy atom. The molecule has 0 amide bonds. The van der Waals surface area contributed by atoms with Gasteiger partial charge in [-0.1, -0.05) is 36.4 Å². The monoisotopic (exact) mass is 348 g/mol. The molecule has 0 radical (unpaired) electrons. The minimum absolute atomic E-state index is 0.242. The summed E-state index contributed by atoms with van der Waals surface area (Å²) in [5.41, 5.74) is -0.323. The number of hydrogen-bond donors (Lipinski definition) is 0. The molecule has 2 saturated heterocycles. The van der Waals surface area contributed by atoms with Crippen molar-refractivity contribution in [3.63, 3.8) is 0 Å². The maximum Gasteiger partial charge on any atom is 0.341 e. The van der Waals surface area contributed by atoms with E-state index in [1.54, 1.807) is 19.9 Å². The van der Waals surface area contributed by atoms with Gasteiger partial charge in [0.1, 0.15) is 12.2 Å². The fraction of sp³-hybridized carbons (Fsp3) is 0.526. The van der Waals surface area contributed by atoms with Crippen molar-refractivity contribution in [1.82, 2.24) is 0 Å². The summed E-state index contributed by atoms with van der Waals surface area (Å²) in [5, 5.41) is 0. The van der Waals surface area contributed by atoms with Crippen molar-refractivity contribution in [2.45, 2.75) is 56.8 Å². The third-order valence-electron chi connectivity index (χ3n) is 4.42. The summed E-state index contributed by atoms with van der Waals surface area (Å²) in [6, 6.07) is 9.73. The largest absolute Gasteiger partial charge is 0.467 e. The van der Waals surface area contributed by atoms with Crippen molar-refractivity contribution >= 4 is 5.97 Å². The quantitative estimate of drug-likeness (QED) is 0.582. The summed E-state index contributed by atoms with van der Waals surface area (Å²) in [6.07, 6.45) is -0.0502. The van der Waals surface area contributed by atoms with Crippen LogP contribution < -0.4 is 0 Å². The molecule has 0 spiro atoms. The van der Waals surface area contributed by atoms with Gasteiger partial charge in [-0.15, -0.1) is 6.58 Å². The molecule has 0 bridgehead atoms. The Balaban J connectivity index is 1.84. The van der Waals surface area contributed by atoms with Gasteiger partial charge in [-0.25, -0.2) is 4.79 Å². The van der Waals surface area contributed by atoms with Crippen LogP contribution in [0.15, 0.2) is 43.0 Å².